The molecule has 6 heavy (non-hydrogen) atoms. The Morgan fingerprint density at radius 1 is 2.00 bits per heavy atom. The molecule has 0 fully saturated rings. The molecule has 0 aromatic carbocycles. The van der Waals surface area contributed by atoms with Crippen LogP contribution in [0, 0.1) is 6.26 Å². The third kappa shape index (κ3) is 0.518. The Hall–Kier alpha value is -0.500. The fourth-order valence-electron chi connectivity index (χ4n) is 0.174. The van der Waals surface area contributed by atoms with Crippen LogP contribution >= 0.6 is 11.6 Å². The monoisotopic (exact) mass is 102 g/mol. The molecule has 1 radical (unpaired) electrons. The van der Waals surface area contributed by atoms with Gasteiger partial charge in [0.15, 0.2) is 11.5 Å². The van der Waals surface area contributed by atoms with Gasteiger partial charge in [-0.2, -0.15) is 0 Å². The molecule has 0 amide bonds. The molecule has 0 aliphatic heterocycles. The van der Waals surface area contributed by atoms with Gasteiger partial charge in [-0.05, 0) is 0 Å². The predicted molar refractivity (Wildman–Crippen MR) is 20.3 cm³/mol. The number of halogens is 1. The maximum Gasteiger partial charge on any atom is 0.211 e. The first-order valence-electron chi connectivity index (χ1n) is 1.36. The number of hydrogen-bond acceptors (Lipinski definition) is 2. The van der Waals surface area contributed by atoms with Gasteiger partial charge in [0.05, 0.1) is 0 Å². The molecule has 0 aliphatic carbocycles. The Kier molecular flexibility index (Phi) is 0.801. The predicted octanol–water partition coefficient (Wildman–Crippen LogP) is 1.13. The van der Waals surface area contributed by atoms with Crippen LogP contribution in [0.2, 0.25) is 5.15 Å². The highest BCUT2D eigenvalue weighted by molar-refractivity contribution is 6.29. The van der Waals surface area contributed by atoms with Crippen LogP contribution in [0.5, 0.6) is 0 Å². The fourth-order valence-corrected chi connectivity index (χ4v) is 0.258. The zero-order valence-corrected chi connectivity index (χ0v) is 3.57. The lowest BCUT2D eigenvalue weighted by Gasteiger charge is -1.56. The number of oxazole rings is 1. The quantitative estimate of drug-likeness (QED) is 0.491. The van der Waals surface area contributed by atoms with Crippen molar-refractivity contribution < 1.29 is 4.42 Å². The van der Waals surface area contributed by atoms with Crippen molar-refractivity contribution >= 4 is 11.6 Å². The van der Waals surface area contributed by atoms with Gasteiger partial charge in [0.2, 0.25) is 6.26 Å². The Morgan fingerprint density at radius 2 is 2.83 bits per heavy atom. The first-order valence-corrected chi connectivity index (χ1v) is 1.74. The van der Waals surface area contributed by atoms with Crippen molar-refractivity contribution in [2.75, 3.05) is 0 Å². The average Bonchev–Trinajstić information content (AvgIpc) is 1.86. The second-order valence-electron chi connectivity index (χ2n) is 0.745. The third-order valence-corrected chi connectivity index (χ3v) is 0.537. The second kappa shape index (κ2) is 1.30. The van der Waals surface area contributed by atoms with Gasteiger partial charge in [-0.1, -0.05) is 11.6 Å². The number of hydrogen-bond donors (Lipinski definition) is 0. The summed E-state index contributed by atoms with van der Waals surface area (Å²) < 4.78 is 4.35. The molecule has 0 bridgehead atoms. The van der Waals surface area contributed by atoms with E-state index < -0.39 is 0 Å². The van der Waals surface area contributed by atoms with Crippen molar-refractivity contribution in [3.05, 3.63) is 17.8 Å². The van der Waals surface area contributed by atoms with E-state index in [9.17, 15) is 0 Å². The number of rotatable bonds is 0. The lowest BCUT2D eigenvalue weighted by molar-refractivity contribution is 0.549. The van der Waals surface area contributed by atoms with E-state index in [1.807, 2.05) is 0 Å². The second-order valence-corrected chi connectivity index (χ2v) is 1.10. The Labute approximate surface area is 39.7 Å². The van der Waals surface area contributed by atoms with Crippen molar-refractivity contribution in [3.8, 4) is 0 Å². The fraction of sp³-hybridized carbons (Fsp3) is 0. The van der Waals surface area contributed by atoms with Crippen LogP contribution in [-0.4, -0.2) is 4.98 Å². The Bertz CT molecular complexity index is 114. The maximum absolute atomic E-state index is 5.19. The van der Waals surface area contributed by atoms with E-state index >= 15 is 0 Å². The zero-order chi connectivity index (χ0) is 4.41. The standard InChI is InChI=1S/C3HClNO/c4-3-1-6-2-5-3/h2H. The molecule has 1 rings (SSSR count). The Morgan fingerprint density at radius 3 is 3.00 bits per heavy atom. The highest BCUT2D eigenvalue weighted by atomic mass is 35.5. The summed E-state index contributed by atoms with van der Waals surface area (Å²) >= 11 is 5.19. The highest BCUT2D eigenvalue weighted by Crippen LogP contribution is 1.98. The summed E-state index contributed by atoms with van der Waals surface area (Å²) in [6.07, 6.45) is 3.50. The van der Waals surface area contributed by atoms with Gasteiger partial charge >= 0.3 is 0 Å². The SMILES string of the molecule is Clc1[c]ocn1. The zero-order valence-electron chi connectivity index (χ0n) is 2.81. The summed E-state index contributed by atoms with van der Waals surface area (Å²) in [5, 5.41) is 0.273. The largest absolute Gasteiger partial charge is 0.438 e. The van der Waals surface area contributed by atoms with Crippen LogP contribution < -0.4 is 0 Å². The number of aromatic nitrogens is 1. The topological polar surface area (TPSA) is 26.0 Å². The summed E-state index contributed by atoms with van der Waals surface area (Å²) in [4.78, 5) is 3.46. The minimum absolute atomic E-state index is 0.273. The third-order valence-electron chi connectivity index (χ3n) is 0.362. The molecule has 0 spiro atoms. The van der Waals surface area contributed by atoms with Crippen LogP contribution in [0.1, 0.15) is 0 Å². The lowest BCUT2D eigenvalue weighted by Crippen LogP contribution is -1.50. The smallest absolute Gasteiger partial charge is 0.211 e. The van der Waals surface area contributed by atoms with Crippen molar-refractivity contribution in [1.82, 2.24) is 4.98 Å². The minimum Gasteiger partial charge on any atom is -0.438 e. The summed E-state index contributed by atoms with van der Waals surface area (Å²) in [6.45, 7) is 0. The molecule has 2 nitrogen and oxygen atoms in total. The molecule has 0 unspecified atom stereocenters. The van der Waals surface area contributed by atoms with Crippen molar-refractivity contribution in [2.45, 2.75) is 0 Å². The molecule has 1 aromatic heterocycles. The summed E-state index contributed by atoms with van der Waals surface area (Å²) in [5.41, 5.74) is 0. The summed E-state index contributed by atoms with van der Waals surface area (Å²) in [5.74, 6) is 0. The van der Waals surface area contributed by atoms with Gasteiger partial charge in [-0.15, -0.1) is 0 Å². The first-order chi connectivity index (χ1) is 2.89. The molecular formula is C3HClNO. The van der Waals surface area contributed by atoms with Gasteiger partial charge < -0.3 is 4.42 Å². The van der Waals surface area contributed by atoms with E-state index in [0.29, 0.717) is 0 Å². The average molecular weight is 102 g/mol. The number of nitrogens with zero attached hydrogens (tertiary/aromatic N) is 1. The van der Waals surface area contributed by atoms with Gasteiger partial charge in [0.1, 0.15) is 0 Å². The van der Waals surface area contributed by atoms with Crippen molar-refractivity contribution in [2.24, 2.45) is 0 Å². The molecule has 1 heterocycles. The molecule has 0 N–H and O–H groups in total. The minimum atomic E-state index is 0.273. The van der Waals surface area contributed by atoms with Crippen LogP contribution in [0.25, 0.3) is 0 Å². The van der Waals surface area contributed by atoms with Crippen molar-refractivity contribution in [1.29, 1.82) is 0 Å². The van der Waals surface area contributed by atoms with E-state index in [0.717, 1.165) is 0 Å². The maximum atomic E-state index is 5.19. The van der Waals surface area contributed by atoms with Crippen LogP contribution in [0.3, 0.4) is 0 Å². The molecule has 0 saturated heterocycles. The molecule has 0 atom stereocenters. The van der Waals surface area contributed by atoms with E-state index in [1.165, 1.54) is 6.39 Å². The van der Waals surface area contributed by atoms with Crippen LogP contribution in [-0.2, 0) is 0 Å². The van der Waals surface area contributed by atoms with Gasteiger partial charge in [0.25, 0.3) is 0 Å². The molecule has 3 heteroatoms. The van der Waals surface area contributed by atoms with Crippen LogP contribution in [0.4, 0.5) is 0 Å². The molecule has 0 aliphatic rings. The van der Waals surface area contributed by atoms with E-state index in [4.69, 9.17) is 11.6 Å². The van der Waals surface area contributed by atoms with Gasteiger partial charge in [-0.3, -0.25) is 0 Å². The van der Waals surface area contributed by atoms with Gasteiger partial charge in [0, 0.05) is 0 Å². The van der Waals surface area contributed by atoms with Gasteiger partial charge in [-0.25, -0.2) is 4.98 Å². The lowest BCUT2D eigenvalue weighted by atomic mass is 11.0. The molecule has 31 valence electrons. The van der Waals surface area contributed by atoms with E-state index in [-0.39, 0.29) is 5.15 Å². The van der Waals surface area contributed by atoms with Crippen molar-refractivity contribution in [3.63, 3.8) is 0 Å². The summed E-state index contributed by atoms with van der Waals surface area (Å²) in [6, 6.07) is 0. The van der Waals surface area contributed by atoms with Crippen LogP contribution in [0.15, 0.2) is 10.8 Å². The highest BCUT2D eigenvalue weighted by Gasteiger charge is 1.82. The normalized spacial score (nSPS) is 8.83. The summed E-state index contributed by atoms with van der Waals surface area (Å²) in [7, 11) is 0. The molecule has 1 aromatic rings. The first kappa shape index (κ1) is 3.68. The Balaban J connectivity index is 3.05. The van der Waals surface area contributed by atoms with E-state index in [1.54, 1.807) is 0 Å². The molecular weight excluding hydrogens is 101 g/mol. The molecule has 0 saturated carbocycles. The van der Waals surface area contributed by atoms with E-state index in [2.05, 4.69) is 15.7 Å².